The average molecular weight is 533 g/mol. The molecule has 2 heterocycles. The average Bonchev–Trinajstić information content (AvgIpc) is 3.00. The number of rotatable bonds is 9. The molecule has 2 N–H and O–H groups in total. The Kier molecular flexibility index (Phi) is 9.91. The van der Waals surface area contributed by atoms with Gasteiger partial charge in [0.25, 0.3) is 5.91 Å². The first-order valence-electron chi connectivity index (χ1n) is 13.3. The van der Waals surface area contributed by atoms with Crippen molar-refractivity contribution >= 4 is 11.9 Å². The van der Waals surface area contributed by atoms with Crippen molar-refractivity contribution in [3.63, 3.8) is 0 Å². The van der Waals surface area contributed by atoms with Gasteiger partial charge in [0, 0.05) is 24.8 Å². The molecule has 4 rings (SSSR count). The SMILES string of the molecule is COc1ccnc(C(=O)N[C@H]2COC[C@H](CCCc3ccccc3)[C@@H](Cc3ccccc3)[C@H](C)OC2=O)c1O. The first-order chi connectivity index (χ1) is 19.0. The highest BCUT2D eigenvalue weighted by atomic mass is 16.6. The number of methoxy groups -OCH3 is 1. The molecule has 2 aromatic carbocycles. The van der Waals surface area contributed by atoms with Crippen LogP contribution in [-0.2, 0) is 27.1 Å². The summed E-state index contributed by atoms with van der Waals surface area (Å²) >= 11 is 0. The van der Waals surface area contributed by atoms with E-state index in [1.54, 1.807) is 0 Å². The topological polar surface area (TPSA) is 107 Å². The predicted molar refractivity (Wildman–Crippen MR) is 147 cm³/mol. The van der Waals surface area contributed by atoms with E-state index < -0.39 is 29.8 Å². The van der Waals surface area contributed by atoms with Crippen molar-refractivity contribution < 1.29 is 28.9 Å². The number of carbonyl (C=O) groups excluding carboxylic acids is 2. The molecule has 0 radical (unpaired) electrons. The van der Waals surface area contributed by atoms with Gasteiger partial charge in [-0.25, -0.2) is 9.78 Å². The van der Waals surface area contributed by atoms with E-state index >= 15 is 0 Å². The van der Waals surface area contributed by atoms with Gasteiger partial charge in [-0.05, 0) is 49.7 Å². The van der Waals surface area contributed by atoms with Crippen LogP contribution < -0.4 is 10.1 Å². The van der Waals surface area contributed by atoms with Crippen LogP contribution in [0.25, 0.3) is 0 Å². The van der Waals surface area contributed by atoms with E-state index in [-0.39, 0.29) is 29.9 Å². The Balaban J connectivity index is 1.49. The molecular formula is C31H36N2O6. The van der Waals surface area contributed by atoms with Crippen LogP contribution in [0.3, 0.4) is 0 Å². The van der Waals surface area contributed by atoms with Crippen molar-refractivity contribution in [1.82, 2.24) is 10.3 Å². The molecule has 8 heteroatoms. The van der Waals surface area contributed by atoms with Crippen molar-refractivity contribution in [3.05, 3.63) is 89.7 Å². The fourth-order valence-electron chi connectivity index (χ4n) is 5.09. The molecule has 0 aliphatic carbocycles. The van der Waals surface area contributed by atoms with Crippen molar-refractivity contribution in [2.45, 2.75) is 44.8 Å². The van der Waals surface area contributed by atoms with Gasteiger partial charge in [-0.3, -0.25) is 4.79 Å². The maximum atomic E-state index is 13.2. The van der Waals surface area contributed by atoms with Gasteiger partial charge in [0.05, 0.1) is 13.7 Å². The zero-order valence-corrected chi connectivity index (χ0v) is 22.4. The number of aromatic nitrogens is 1. The number of ether oxygens (including phenoxy) is 3. The molecule has 1 aromatic heterocycles. The monoisotopic (exact) mass is 532 g/mol. The number of amides is 1. The lowest BCUT2D eigenvalue weighted by molar-refractivity contribution is -0.153. The van der Waals surface area contributed by atoms with Crippen molar-refractivity contribution in [3.8, 4) is 11.5 Å². The molecule has 0 spiro atoms. The number of esters is 1. The van der Waals surface area contributed by atoms with Crippen LogP contribution in [0.5, 0.6) is 11.5 Å². The van der Waals surface area contributed by atoms with Crippen LogP contribution >= 0.6 is 0 Å². The second-order valence-electron chi connectivity index (χ2n) is 9.91. The maximum absolute atomic E-state index is 13.2. The number of pyridine rings is 1. The van der Waals surface area contributed by atoms with Gasteiger partial charge in [-0.15, -0.1) is 0 Å². The lowest BCUT2D eigenvalue weighted by Gasteiger charge is -2.31. The van der Waals surface area contributed by atoms with Crippen LogP contribution in [0.1, 0.15) is 41.4 Å². The molecule has 39 heavy (non-hydrogen) atoms. The minimum atomic E-state index is -1.05. The van der Waals surface area contributed by atoms with Crippen LogP contribution in [0.15, 0.2) is 72.9 Å². The van der Waals surface area contributed by atoms with E-state index in [2.05, 4.69) is 34.6 Å². The largest absolute Gasteiger partial charge is 0.503 e. The number of aryl methyl sites for hydroxylation is 1. The highest BCUT2D eigenvalue weighted by molar-refractivity contribution is 5.98. The third-order valence-electron chi connectivity index (χ3n) is 7.24. The molecule has 1 saturated heterocycles. The highest BCUT2D eigenvalue weighted by Crippen LogP contribution is 2.30. The summed E-state index contributed by atoms with van der Waals surface area (Å²) in [6.07, 6.45) is 4.54. The Bertz CT molecular complexity index is 1220. The Morgan fingerprint density at radius 2 is 1.74 bits per heavy atom. The zero-order valence-electron chi connectivity index (χ0n) is 22.4. The highest BCUT2D eigenvalue weighted by Gasteiger charge is 2.35. The van der Waals surface area contributed by atoms with E-state index in [9.17, 15) is 14.7 Å². The molecule has 1 aliphatic heterocycles. The summed E-state index contributed by atoms with van der Waals surface area (Å²) in [5.41, 5.74) is 2.22. The van der Waals surface area contributed by atoms with Gasteiger partial charge >= 0.3 is 5.97 Å². The van der Waals surface area contributed by atoms with Gasteiger partial charge in [0.15, 0.2) is 23.2 Å². The van der Waals surface area contributed by atoms with Crippen LogP contribution in [-0.4, -0.2) is 54.4 Å². The molecule has 1 fully saturated rings. The van der Waals surface area contributed by atoms with E-state index in [1.807, 2.05) is 43.3 Å². The maximum Gasteiger partial charge on any atom is 0.331 e. The Labute approximate surface area is 229 Å². The molecule has 1 amide bonds. The number of hydrogen-bond acceptors (Lipinski definition) is 7. The molecule has 8 nitrogen and oxygen atoms in total. The number of hydrogen-bond donors (Lipinski definition) is 2. The Morgan fingerprint density at radius 1 is 1.05 bits per heavy atom. The molecular weight excluding hydrogens is 496 g/mol. The first-order valence-corrected chi connectivity index (χ1v) is 13.3. The number of nitrogens with zero attached hydrogens (tertiary/aromatic N) is 1. The van der Waals surface area contributed by atoms with Crippen LogP contribution in [0.4, 0.5) is 0 Å². The summed E-state index contributed by atoms with van der Waals surface area (Å²) in [7, 11) is 1.38. The summed E-state index contributed by atoms with van der Waals surface area (Å²) in [6, 6.07) is 20.9. The van der Waals surface area contributed by atoms with Gasteiger partial charge in [-0.2, -0.15) is 0 Å². The summed E-state index contributed by atoms with van der Waals surface area (Å²) < 4.78 is 17.1. The van der Waals surface area contributed by atoms with Crippen molar-refractivity contribution in [1.29, 1.82) is 0 Å². The summed E-state index contributed by atoms with van der Waals surface area (Å²) in [5, 5.41) is 12.9. The Hall–Kier alpha value is -3.91. The van der Waals surface area contributed by atoms with Gasteiger partial charge < -0.3 is 24.6 Å². The molecule has 1 aliphatic rings. The summed E-state index contributed by atoms with van der Waals surface area (Å²) in [4.78, 5) is 30.0. The molecule has 0 unspecified atom stereocenters. The number of benzene rings is 2. The fourth-order valence-corrected chi connectivity index (χ4v) is 5.09. The predicted octanol–water partition coefficient (Wildman–Crippen LogP) is 4.35. The van der Waals surface area contributed by atoms with Crippen molar-refractivity contribution in [2.24, 2.45) is 11.8 Å². The van der Waals surface area contributed by atoms with E-state index in [1.165, 1.54) is 30.5 Å². The zero-order chi connectivity index (χ0) is 27.6. The number of carbonyl (C=O) groups is 2. The standard InChI is InChI=1S/C31H36N2O6/c1-21-25(18-23-12-7-4-8-13-23)24(15-9-14-22-10-5-3-6-11-22)19-38-20-26(31(36)39-21)33-30(35)28-29(34)27(37-2)16-17-32-28/h3-8,10-13,16-17,21,24-26,34H,9,14-15,18-20H2,1-2H3,(H,33,35)/t21-,24-,25-,26-/m0/s1. The van der Waals surface area contributed by atoms with Gasteiger partial charge in [0.1, 0.15) is 6.10 Å². The summed E-state index contributed by atoms with van der Waals surface area (Å²) in [6.45, 7) is 2.30. The molecule has 206 valence electrons. The quantitative estimate of drug-likeness (QED) is 0.395. The lowest BCUT2D eigenvalue weighted by atomic mass is 9.80. The minimum Gasteiger partial charge on any atom is -0.503 e. The van der Waals surface area contributed by atoms with E-state index in [0.717, 1.165) is 25.7 Å². The lowest BCUT2D eigenvalue weighted by Crippen LogP contribution is -2.46. The van der Waals surface area contributed by atoms with E-state index in [4.69, 9.17) is 14.2 Å². The fraction of sp³-hybridized carbons (Fsp3) is 0.387. The number of cyclic esters (lactones) is 1. The normalized spacial score (nSPS) is 21.6. The summed E-state index contributed by atoms with van der Waals surface area (Å²) in [5.74, 6) is -1.41. The third-order valence-corrected chi connectivity index (χ3v) is 7.24. The first kappa shape index (κ1) is 28.1. The molecule has 0 bridgehead atoms. The number of nitrogens with one attached hydrogen (secondary N) is 1. The van der Waals surface area contributed by atoms with E-state index in [0.29, 0.717) is 6.61 Å². The van der Waals surface area contributed by atoms with Crippen LogP contribution in [0, 0.1) is 11.8 Å². The Morgan fingerprint density at radius 3 is 2.44 bits per heavy atom. The molecule has 4 atom stereocenters. The second-order valence-corrected chi connectivity index (χ2v) is 9.91. The van der Waals surface area contributed by atoms with Gasteiger partial charge in [-0.1, -0.05) is 60.7 Å². The van der Waals surface area contributed by atoms with Gasteiger partial charge in [0.2, 0.25) is 0 Å². The smallest absolute Gasteiger partial charge is 0.331 e. The van der Waals surface area contributed by atoms with Crippen molar-refractivity contribution in [2.75, 3.05) is 20.3 Å². The molecule has 0 saturated carbocycles. The second kappa shape index (κ2) is 13.8. The third kappa shape index (κ3) is 7.57. The van der Waals surface area contributed by atoms with Crippen LogP contribution in [0.2, 0.25) is 0 Å². The molecule has 3 aromatic rings. The number of aromatic hydroxyl groups is 1. The minimum absolute atomic E-state index is 0.0330.